The lowest BCUT2D eigenvalue weighted by Crippen LogP contribution is -2.30. The molecule has 33 heavy (non-hydrogen) atoms. The second kappa shape index (κ2) is 10.9. The van der Waals surface area contributed by atoms with E-state index in [1.807, 2.05) is 38.1 Å². The molecule has 1 aliphatic rings. The Labute approximate surface area is 194 Å². The van der Waals surface area contributed by atoms with Gasteiger partial charge in [0.25, 0.3) is 11.7 Å². The summed E-state index contributed by atoms with van der Waals surface area (Å²) in [6, 6.07) is 11.5. The number of methoxy groups -OCH3 is 2. The van der Waals surface area contributed by atoms with E-state index in [1.165, 1.54) is 19.1 Å². The molecule has 0 bridgehead atoms. The van der Waals surface area contributed by atoms with Gasteiger partial charge in [0.1, 0.15) is 11.5 Å². The maximum absolute atomic E-state index is 13.1. The Bertz CT molecular complexity index is 1040. The number of nitrogens with zero attached hydrogens (tertiary/aromatic N) is 1. The van der Waals surface area contributed by atoms with Crippen LogP contribution in [0.5, 0.6) is 17.2 Å². The molecule has 3 rings (SSSR count). The monoisotopic (exact) mass is 453 g/mol. The first-order valence-corrected chi connectivity index (χ1v) is 11.2. The number of Topliss-reactive ketones (excluding diaryl/α,β-unsaturated/α-hetero) is 1. The molecule has 1 heterocycles. The number of benzene rings is 2. The second-order valence-electron chi connectivity index (χ2n) is 7.84. The lowest BCUT2D eigenvalue weighted by molar-refractivity contribution is -0.139. The fourth-order valence-electron chi connectivity index (χ4n) is 3.92. The number of ketones is 1. The van der Waals surface area contributed by atoms with Gasteiger partial charge in [0.15, 0.2) is 11.5 Å². The highest BCUT2D eigenvalue weighted by Gasteiger charge is 2.45. The van der Waals surface area contributed by atoms with E-state index >= 15 is 0 Å². The minimum absolute atomic E-state index is 0.0518. The van der Waals surface area contributed by atoms with Crippen molar-refractivity contribution >= 4 is 17.4 Å². The maximum Gasteiger partial charge on any atom is 0.295 e. The van der Waals surface area contributed by atoms with Crippen molar-refractivity contribution in [1.29, 1.82) is 0 Å². The molecule has 1 fully saturated rings. The summed E-state index contributed by atoms with van der Waals surface area (Å²) in [7, 11) is 3.01. The van der Waals surface area contributed by atoms with Crippen LogP contribution in [0.3, 0.4) is 0 Å². The summed E-state index contributed by atoms with van der Waals surface area (Å²) in [6.45, 7) is 5.01. The van der Waals surface area contributed by atoms with Gasteiger partial charge in [0.05, 0.1) is 32.4 Å². The molecule has 1 unspecified atom stereocenters. The van der Waals surface area contributed by atoms with Crippen LogP contribution in [0.15, 0.2) is 48.0 Å². The number of unbranched alkanes of at least 4 members (excludes halogenated alkanes) is 1. The number of likely N-dealkylation sites (tertiary alicyclic amines) is 1. The van der Waals surface area contributed by atoms with E-state index in [-0.39, 0.29) is 11.3 Å². The number of hydrogen-bond donors (Lipinski definition) is 1. The molecule has 0 spiro atoms. The number of aliphatic hydroxyl groups excluding tert-OH is 1. The van der Waals surface area contributed by atoms with Crippen molar-refractivity contribution in [3.05, 3.63) is 59.2 Å². The summed E-state index contributed by atoms with van der Waals surface area (Å²) in [6.07, 6.45) is 2.47. The van der Waals surface area contributed by atoms with Crippen molar-refractivity contribution in [2.45, 2.75) is 39.2 Å². The highest BCUT2D eigenvalue weighted by atomic mass is 16.5. The van der Waals surface area contributed by atoms with Gasteiger partial charge in [-0.25, -0.2) is 0 Å². The minimum atomic E-state index is -0.713. The fraction of sp³-hybridized carbons (Fsp3) is 0.385. The summed E-state index contributed by atoms with van der Waals surface area (Å²) < 4.78 is 16.4. The van der Waals surface area contributed by atoms with Crippen LogP contribution in [0.2, 0.25) is 0 Å². The quantitative estimate of drug-likeness (QED) is 0.318. The molecule has 7 nitrogen and oxygen atoms in total. The Hall–Kier alpha value is -3.48. The third-order valence-electron chi connectivity index (χ3n) is 5.60. The Morgan fingerprint density at radius 3 is 2.42 bits per heavy atom. The van der Waals surface area contributed by atoms with Gasteiger partial charge in [0, 0.05) is 12.1 Å². The van der Waals surface area contributed by atoms with Gasteiger partial charge < -0.3 is 24.2 Å². The van der Waals surface area contributed by atoms with Crippen LogP contribution in [0.25, 0.3) is 5.76 Å². The Balaban J connectivity index is 2.15. The Morgan fingerprint density at radius 2 is 1.76 bits per heavy atom. The molecular weight excluding hydrogens is 422 g/mol. The number of hydrogen-bond acceptors (Lipinski definition) is 6. The van der Waals surface area contributed by atoms with Gasteiger partial charge in [-0.3, -0.25) is 9.59 Å². The summed E-state index contributed by atoms with van der Waals surface area (Å²) in [5.74, 6) is -0.0126. The predicted molar refractivity (Wildman–Crippen MR) is 126 cm³/mol. The van der Waals surface area contributed by atoms with Crippen LogP contribution in [0.1, 0.15) is 50.3 Å². The Morgan fingerprint density at radius 1 is 1.00 bits per heavy atom. The van der Waals surface area contributed by atoms with Crippen molar-refractivity contribution in [1.82, 2.24) is 4.90 Å². The van der Waals surface area contributed by atoms with Crippen LogP contribution in [0, 0.1) is 0 Å². The van der Waals surface area contributed by atoms with Crippen molar-refractivity contribution in [2.75, 3.05) is 27.4 Å². The van der Waals surface area contributed by atoms with E-state index in [4.69, 9.17) is 14.2 Å². The van der Waals surface area contributed by atoms with Gasteiger partial charge in [-0.2, -0.15) is 0 Å². The zero-order chi connectivity index (χ0) is 24.0. The van der Waals surface area contributed by atoms with E-state index in [9.17, 15) is 14.7 Å². The van der Waals surface area contributed by atoms with Crippen LogP contribution in [-0.2, 0) is 9.59 Å². The van der Waals surface area contributed by atoms with Crippen LogP contribution in [-0.4, -0.2) is 49.1 Å². The van der Waals surface area contributed by atoms with Crippen LogP contribution in [0.4, 0.5) is 0 Å². The first-order valence-electron chi connectivity index (χ1n) is 11.2. The van der Waals surface area contributed by atoms with E-state index in [1.54, 1.807) is 18.2 Å². The van der Waals surface area contributed by atoms with Gasteiger partial charge in [-0.15, -0.1) is 0 Å². The lowest BCUT2D eigenvalue weighted by atomic mass is 9.95. The third kappa shape index (κ3) is 4.97. The molecule has 1 atom stereocenters. The molecule has 0 aromatic heterocycles. The smallest absolute Gasteiger partial charge is 0.295 e. The SMILES string of the molecule is CCCCN1C(=O)C(=O)/C(=C(/O)c2ccc(OC)c(OC)c2)C1c1cccc(OCCC)c1. The van der Waals surface area contributed by atoms with Crippen LogP contribution < -0.4 is 14.2 Å². The molecule has 2 aromatic rings. The maximum atomic E-state index is 13.1. The molecule has 1 saturated heterocycles. The summed E-state index contributed by atoms with van der Waals surface area (Å²) >= 11 is 0. The molecule has 0 radical (unpaired) electrons. The molecular formula is C26H31NO6. The number of aliphatic hydroxyl groups is 1. The summed E-state index contributed by atoms with van der Waals surface area (Å²) in [4.78, 5) is 27.6. The lowest BCUT2D eigenvalue weighted by Gasteiger charge is -2.25. The van der Waals surface area contributed by atoms with Gasteiger partial charge in [-0.05, 0) is 48.7 Å². The first kappa shape index (κ1) is 24.2. The van der Waals surface area contributed by atoms with E-state index in [0.29, 0.717) is 41.5 Å². The number of carbonyl (C=O) groups is 2. The fourth-order valence-corrected chi connectivity index (χ4v) is 3.92. The number of carbonyl (C=O) groups excluding carboxylic acids is 2. The molecule has 176 valence electrons. The van der Waals surface area contributed by atoms with Gasteiger partial charge in [-0.1, -0.05) is 32.4 Å². The van der Waals surface area contributed by atoms with E-state index in [2.05, 4.69) is 0 Å². The Kier molecular flexibility index (Phi) is 7.98. The molecule has 1 aliphatic heterocycles. The topological polar surface area (TPSA) is 85.3 Å². The molecule has 0 saturated carbocycles. The zero-order valence-corrected chi connectivity index (χ0v) is 19.6. The van der Waals surface area contributed by atoms with Gasteiger partial charge >= 0.3 is 0 Å². The third-order valence-corrected chi connectivity index (χ3v) is 5.60. The molecule has 1 N–H and O–H groups in total. The summed E-state index contributed by atoms with van der Waals surface area (Å²) in [5, 5.41) is 11.2. The standard InChI is InChI=1S/C26H31NO6/c1-5-7-13-27-23(17-9-8-10-19(15-17)33-14-6-2)22(25(29)26(27)30)24(28)18-11-12-20(31-3)21(16-18)32-4/h8-12,15-16,23,28H,5-7,13-14H2,1-4H3/b24-22+. The zero-order valence-electron chi connectivity index (χ0n) is 19.6. The second-order valence-corrected chi connectivity index (χ2v) is 7.84. The largest absolute Gasteiger partial charge is 0.507 e. The molecule has 0 aliphatic carbocycles. The first-order chi connectivity index (χ1) is 16.0. The van der Waals surface area contributed by atoms with Crippen molar-refractivity contribution in [3.63, 3.8) is 0 Å². The van der Waals surface area contributed by atoms with Gasteiger partial charge in [0.2, 0.25) is 0 Å². The van der Waals surface area contributed by atoms with Crippen molar-refractivity contribution in [2.24, 2.45) is 0 Å². The minimum Gasteiger partial charge on any atom is -0.507 e. The van der Waals surface area contributed by atoms with Crippen molar-refractivity contribution in [3.8, 4) is 17.2 Å². The predicted octanol–water partition coefficient (Wildman–Crippen LogP) is 4.71. The molecule has 7 heteroatoms. The van der Waals surface area contributed by atoms with E-state index in [0.717, 1.165) is 19.3 Å². The average molecular weight is 454 g/mol. The highest BCUT2D eigenvalue weighted by molar-refractivity contribution is 6.46. The van der Waals surface area contributed by atoms with E-state index < -0.39 is 17.7 Å². The normalized spacial score (nSPS) is 17.3. The van der Waals surface area contributed by atoms with Crippen LogP contribution >= 0.6 is 0 Å². The molecule has 2 aromatic carbocycles. The number of rotatable bonds is 10. The highest BCUT2D eigenvalue weighted by Crippen LogP contribution is 2.41. The van der Waals surface area contributed by atoms with Crippen molar-refractivity contribution < 1.29 is 28.9 Å². The molecule has 1 amide bonds. The number of amides is 1. The number of ether oxygens (including phenoxy) is 3. The summed E-state index contributed by atoms with van der Waals surface area (Å²) in [5.41, 5.74) is 1.13. The average Bonchev–Trinajstić information content (AvgIpc) is 3.10.